The highest BCUT2D eigenvalue weighted by Crippen LogP contribution is 2.51. The number of fused-ring (bicyclic) bond motifs is 5. The minimum absolute atomic E-state index is 0.0519. The van der Waals surface area contributed by atoms with Crippen LogP contribution in [0.5, 0.6) is 0 Å². The Labute approximate surface area is 262 Å². The first kappa shape index (κ1) is 27.5. The van der Waals surface area contributed by atoms with E-state index in [1.165, 1.54) is 23.5 Å². The summed E-state index contributed by atoms with van der Waals surface area (Å²) in [6.07, 6.45) is 2.30. The Balaban J connectivity index is 1.13. The molecule has 0 amide bonds. The number of benzene rings is 4. The van der Waals surface area contributed by atoms with Crippen LogP contribution in [0.1, 0.15) is 78.2 Å². The number of halogens is 1. The predicted octanol–water partition coefficient (Wildman–Crippen LogP) is 8.64. The number of ketones is 3. The molecule has 3 aliphatic rings. The van der Waals surface area contributed by atoms with Crippen molar-refractivity contribution in [3.63, 3.8) is 0 Å². The first-order chi connectivity index (χ1) is 21.6. The normalized spacial score (nSPS) is 18.3. The Morgan fingerprint density at radius 1 is 0.711 bits per heavy atom. The number of aliphatic hydroxyl groups is 1. The fraction of sp³-hybridized carbons (Fsp3) is 0.103. The molecule has 0 saturated heterocycles. The van der Waals surface area contributed by atoms with Crippen LogP contribution in [0.2, 0.25) is 0 Å². The van der Waals surface area contributed by atoms with Crippen molar-refractivity contribution in [3.8, 4) is 21.6 Å². The molecule has 0 spiro atoms. The van der Waals surface area contributed by atoms with Gasteiger partial charge >= 0.3 is 0 Å². The molecule has 5 aromatic rings. The zero-order valence-electron chi connectivity index (χ0n) is 24.4. The van der Waals surface area contributed by atoms with Crippen molar-refractivity contribution in [3.05, 3.63) is 152 Å². The summed E-state index contributed by atoms with van der Waals surface area (Å²) in [6, 6.07) is 27.2. The quantitative estimate of drug-likeness (QED) is 0.164. The van der Waals surface area contributed by atoms with Gasteiger partial charge in [-0.2, -0.15) is 0 Å². The molecule has 1 atom stereocenters. The van der Waals surface area contributed by atoms with Gasteiger partial charge in [-0.25, -0.2) is 4.39 Å². The minimum Gasteiger partial charge on any atom is -0.383 e. The Morgan fingerprint density at radius 2 is 1.33 bits per heavy atom. The second-order valence-electron chi connectivity index (χ2n) is 12.2. The van der Waals surface area contributed by atoms with E-state index in [1.54, 1.807) is 48.5 Å². The van der Waals surface area contributed by atoms with E-state index in [0.29, 0.717) is 43.1 Å². The lowest BCUT2D eigenvalue weighted by Gasteiger charge is -2.22. The second-order valence-corrected chi connectivity index (χ2v) is 13.3. The van der Waals surface area contributed by atoms with E-state index in [4.69, 9.17) is 0 Å². The summed E-state index contributed by atoms with van der Waals surface area (Å²) < 4.78 is 15.4. The van der Waals surface area contributed by atoms with Gasteiger partial charge in [-0.1, -0.05) is 92.7 Å². The van der Waals surface area contributed by atoms with Crippen molar-refractivity contribution in [1.29, 1.82) is 0 Å². The molecule has 218 valence electrons. The third kappa shape index (κ3) is 4.03. The maximum absolute atomic E-state index is 15.4. The summed E-state index contributed by atoms with van der Waals surface area (Å²) in [5.41, 5.74) is 7.70. The number of Topliss-reactive ketones (excluding diaryl/α,β-unsaturated/α-hetero) is 3. The van der Waals surface area contributed by atoms with Crippen LogP contribution in [0.3, 0.4) is 0 Å². The SMILES string of the molecule is CC1(C)c2cc(/C=C3\C(=O)c4ccccc4C3O)ccc2-c2ccc(-c3sc(C=C4C(=O)c5ccccc5C4=O)cc3F)cc21. The highest BCUT2D eigenvalue weighted by Gasteiger charge is 2.37. The minimum atomic E-state index is -0.962. The van der Waals surface area contributed by atoms with E-state index in [9.17, 15) is 19.5 Å². The lowest BCUT2D eigenvalue weighted by atomic mass is 9.81. The first-order valence-corrected chi connectivity index (χ1v) is 15.5. The fourth-order valence-corrected chi connectivity index (χ4v) is 7.88. The van der Waals surface area contributed by atoms with Gasteiger partial charge in [-0.05, 0) is 63.2 Å². The standard InChI is InChI=1S/C39H25FO4S/c1-39(2)31-16-20(15-29-34(41)25-7-3-4-8-26(25)35(29)42)11-13-23(31)24-14-12-21(17-32(24)39)38-33(40)19-22(45-38)18-30-36(43)27-9-5-6-10-28(27)37(30)44/h3-19,34,41H,1-2H3/b29-15-. The van der Waals surface area contributed by atoms with E-state index in [2.05, 4.69) is 19.9 Å². The summed E-state index contributed by atoms with van der Waals surface area (Å²) >= 11 is 1.21. The lowest BCUT2D eigenvalue weighted by molar-refractivity contribution is 0.0986. The molecule has 0 bridgehead atoms. The number of rotatable bonds is 3. The largest absolute Gasteiger partial charge is 0.383 e. The summed E-state index contributed by atoms with van der Waals surface area (Å²) in [4.78, 5) is 39.7. The molecule has 1 heterocycles. The van der Waals surface area contributed by atoms with Gasteiger partial charge in [0, 0.05) is 32.6 Å². The van der Waals surface area contributed by atoms with Gasteiger partial charge in [0.05, 0.1) is 10.5 Å². The van der Waals surface area contributed by atoms with Crippen LogP contribution in [0, 0.1) is 5.82 Å². The number of aliphatic hydroxyl groups excluding tert-OH is 1. The van der Waals surface area contributed by atoms with Gasteiger partial charge in [0.2, 0.25) is 0 Å². The van der Waals surface area contributed by atoms with Crippen LogP contribution in [0.25, 0.3) is 33.7 Å². The smallest absolute Gasteiger partial charge is 0.197 e. The molecule has 4 aromatic carbocycles. The third-order valence-electron chi connectivity index (χ3n) is 9.24. The van der Waals surface area contributed by atoms with Crippen LogP contribution in [-0.2, 0) is 5.41 Å². The number of hydrogen-bond acceptors (Lipinski definition) is 5. The van der Waals surface area contributed by atoms with Crippen molar-refractivity contribution >= 4 is 40.8 Å². The molecule has 45 heavy (non-hydrogen) atoms. The molecule has 0 radical (unpaired) electrons. The molecule has 0 fully saturated rings. The highest BCUT2D eigenvalue weighted by atomic mass is 32.1. The fourth-order valence-electron chi connectivity index (χ4n) is 6.90. The highest BCUT2D eigenvalue weighted by molar-refractivity contribution is 7.16. The van der Waals surface area contributed by atoms with Crippen LogP contribution >= 0.6 is 11.3 Å². The monoisotopic (exact) mass is 608 g/mol. The number of allylic oxidation sites excluding steroid dienone is 1. The topological polar surface area (TPSA) is 71.4 Å². The van der Waals surface area contributed by atoms with Crippen LogP contribution in [-0.4, -0.2) is 22.5 Å². The van der Waals surface area contributed by atoms with E-state index in [0.717, 1.165) is 27.8 Å². The Bertz CT molecular complexity index is 2190. The summed E-state index contributed by atoms with van der Waals surface area (Å²) in [7, 11) is 0. The van der Waals surface area contributed by atoms with Crippen molar-refractivity contribution in [1.82, 2.24) is 0 Å². The van der Waals surface area contributed by atoms with Gasteiger partial charge in [-0.3, -0.25) is 14.4 Å². The van der Waals surface area contributed by atoms with E-state index in [1.807, 2.05) is 36.4 Å². The van der Waals surface area contributed by atoms with Crippen molar-refractivity contribution in [2.45, 2.75) is 25.4 Å². The molecule has 8 rings (SSSR count). The molecule has 0 aliphatic heterocycles. The molecule has 6 heteroatoms. The predicted molar refractivity (Wildman–Crippen MR) is 174 cm³/mol. The van der Waals surface area contributed by atoms with Crippen molar-refractivity contribution < 1.29 is 23.9 Å². The zero-order valence-corrected chi connectivity index (χ0v) is 25.2. The molecular formula is C39H25FO4S. The summed E-state index contributed by atoms with van der Waals surface area (Å²) in [6.45, 7) is 4.25. The summed E-state index contributed by atoms with van der Waals surface area (Å²) in [5.74, 6) is -1.25. The van der Waals surface area contributed by atoms with E-state index >= 15 is 4.39 Å². The maximum atomic E-state index is 15.4. The van der Waals surface area contributed by atoms with Gasteiger partial charge in [0.15, 0.2) is 17.3 Å². The second kappa shape index (κ2) is 9.73. The van der Waals surface area contributed by atoms with Crippen LogP contribution in [0.15, 0.2) is 102 Å². The average Bonchev–Trinajstić information content (AvgIpc) is 3.69. The van der Waals surface area contributed by atoms with Gasteiger partial charge in [0.1, 0.15) is 11.9 Å². The number of carbonyl (C=O) groups excluding carboxylic acids is 3. The third-order valence-corrected chi connectivity index (χ3v) is 10.3. The molecule has 0 saturated carbocycles. The Morgan fingerprint density at radius 3 is 2.02 bits per heavy atom. The summed E-state index contributed by atoms with van der Waals surface area (Å²) in [5, 5.41) is 10.9. The van der Waals surface area contributed by atoms with Gasteiger partial charge in [0.25, 0.3) is 0 Å². The number of hydrogen-bond donors (Lipinski definition) is 1. The molecule has 1 aromatic heterocycles. The maximum Gasteiger partial charge on any atom is 0.197 e. The molecular weight excluding hydrogens is 583 g/mol. The van der Waals surface area contributed by atoms with Gasteiger partial charge < -0.3 is 5.11 Å². The average molecular weight is 609 g/mol. The zero-order chi connectivity index (χ0) is 31.2. The Hall–Kier alpha value is -5.04. The number of thiophene rings is 1. The molecule has 4 nitrogen and oxygen atoms in total. The molecule has 1 unspecified atom stereocenters. The van der Waals surface area contributed by atoms with Crippen molar-refractivity contribution in [2.75, 3.05) is 0 Å². The molecule has 1 N–H and O–H groups in total. The van der Waals surface area contributed by atoms with E-state index in [-0.39, 0.29) is 22.9 Å². The van der Waals surface area contributed by atoms with Crippen molar-refractivity contribution in [2.24, 2.45) is 0 Å². The first-order valence-electron chi connectivity index (χ1n) is 14.7. The van der Waals surface area contributed by atoms with Gasteiger partial charge in [-0.15, -0.1) is 11.3 Å². The van der Waals surface area contributed by atoms with Crippen LogP contribution in [0.4, 0.5) is 4.39 Å². The van der Waals surface area contributed by atoms with Crippen LogP contribution < -0.4 is 0 Å². The Kier molecular flexibility index (Phi) is 5.95. The van der Waals surface area contributed by atoms with E-state index < -0.39 is 17.3 Å². The number of carbonyl (C=O) groups is 3. The lowest BCUT2D eigenvalue weighted by Crippen LogP contribution is -2.15. The molecule has 3 aliphatic carbocycles.